The van der Waals surface area contributed by atoms with Crippen LogP contribution in [0.15, 0.2) is 18.3 Å². The predicted octanol–water partition coefficient (Wildman–Crippen LogP) is 2.60. The van der Waals surface area contributed by atoms with Crippen LogP contribution in [0.5, 0.6) is 0 Å². The summed E-state index contributed by atoms with van der Waals surface area (Å²) in [6.45, 7) is 4.63. The predicted molar refractivity (Wildman–Crippen MR) is 50.0 cm³/mol. The summed E-state index contributed by atoms with van der Waals surface area (Å²) in [5.41, 5.74) is 3.26. The lowest BCUT2D eigenvalue weighted by Crippen LogP contribution is -2.14. The van der Waals surface area contributed by atoms with Crippen molar-refractivity contribution >= 4 is 0 Å². The molecule has 0 aliphatic heterocycles. The highest BCUT2D eigenvalue weighted by molar-refractivity contribution is 5.27. The van der Waals surface area contributed by atoms with Crippen LogP contribution in [0.4, 0.5) is 0 Å². The lowest BCUT2D eigenvalue weighted by Gasteiger charge is -2.19. The average Bonchev–Trinajstić information content (AvgIpc) is 2.42. The maximum atomic E-state index is 4.40. The van der Waals surface area contributed by atoms with Gasteiger partial charge in [-0.2, -0.15) is 0 Å². The van der Waals surface area contributed by atoms with Crippen LogP contribution in [0.25, 0.3) is 0 Å². The van der Waals surface area contributed by atoms with E-state index in [0.29, 0.717) is 5.41 Å². The average molecular weight is 161 g/mol. The van der Waals surface area contributed by atoms with Gasteiger partial charge in [0.2, 0.25) is 0 Å². The Morgan fingerprint density at radius 3 is 3.00 bits per heavy atom. The third kappa shape index (κ3) is 1.13. The largest absolute Gasteiger partial charge is 0.261 e. The van der Waals surface area contributed by atoms with E-state index >= 15 is 0 Å². The zero-order valence-corrected chi connectivity index (χ0v) is 7.80. The quantitative estimate of drug-likeness (QED) is 0.617. The molecule has 64 valence electrons. The molecule has 1 aliphatic rings. The molecule has 1 atom stereocenters. The Morgan fingerprint density at radius 1 is 1.50 bits per heavy atom. The monoisotopic (exact) mass is 161 g/mol. The zero-order valence-electron chi connectivity index (χ0n) is 7.80. The summed E-state index contributed by atoms with van der Waals surface area (Å²) < 4.78 is 0. The van der Waals surface area contributed by atoms with E-state index in [1.54, 1.807) is 0 Å². The zero-order chi connectivity index (χ0) is 8.60. The summed E-state index contributed by atoms with van der Waals surface area (Å²) in [7, 11) is 0. The molecule has 12 heavy (non-hydrogen) atoms. The van der Waals surface area contributed by atoms with Crippen LogP contribution in [-0.4, -0.2) is 4.98 Å². The van der Waals surface area contributed by atoms with Crippen LogP contribution >= 0.6 is 0 Å². The van der Waals surface area contributed by atoms with E-state index in [1.807, 2.05) is 12.3 Å². The fraction of sp³-hybridized carbons (Fsp3) is 0.545. The van der Waals surface area contributed by atoms with Crippen molar-refractivity contribution in [3.63, 3.8) is 0 Å². The molecule has 1 unspecified atom stereocenters. The van der Waals surface area contributed by atoms with Crippen molar-refractivity contribution in [1.29, 1.82) is 0 Å². The van der Waals surface area contributed by atoms with Crippen LogP contribution in [0.2, 0.25) is 0 Å². The van der Waals surface area contributed by atoms with Crippen LogP contribution < -0.4 is 0 Å². The molecular formula is C11H15N. The summed E-state index contributed by atoms with van der Waals surface area (Å²) >= 11 is 0. The number of aromatic nitrogens is 1. The molecule has 1 nitrogen and oxygen atoms in total. The van der Waals surface area contributed by atoms with Gasteiger partial charge in [0.15, 0.2) is 0 Å². The van der Waals surface area contributed by atoms with E-state index in [2.05, 4.69) is 24.9 Å². The van der Waals surface area contributed by atoms with Gasteiger partial charge in [-0.15, -0.1) is 0 Å². The van der Waals surface area contributed by atoms with Gasteiger partial charge in [-0.3, -0.25) is 4.98 Å². The first kappa shape index (κ1) is 7.78. The SMILES string of the molecule is CCC1(C)Cc2cccnc2C1. The molecule has 0 saturated heterocycles. The molecule has 0 fully saturated rings. The first-order chi connectivity index (χ1) is 5.73. The Balaban J connectivity index is 2.33. The Morgan fingerprint density at radius 2 is 2.33 bits per heavy atom. The van der Waals surface area contributed by atoms with Gasteiger partial charge in [-0.05, 0) is 29.9 Å². The maximum absolute atomic E-state index is 4.40. The Hall–Kier alpha value is -0.850. The first-order valence-corrected chi connectivity index (χ1v) is 4.66. The highest BCUT2D eigenvalue weighted by Crippen LogP contribution is 2.37. The molecule has 1 aromatic rings. The topological polar surface area (TPSA) is 12.9 Å². The lowest BCUT2D eigenvalue weighted by molar-refractivity contribution is 0.331. The summed E-state index contributed by atoms with van der Waals surface area (Å²) in [6, 6.07) is 4.25. The molecule has 0 aromatic carbocycles. The summed E-state index contributed by atoms with van der Waals surface area (Å²) in [5, 5.41) is 0. The van der Waals surface area contributed by atoms with Gasteiger partial charge in [0.25, 0.3) is 0 Å². The van der Waals surface area contributed by atoms with Crippen molar-refractivity contribution in [1.82, 2.24) is 4.98 Å². The van der Waals surface area contributed by atoms with Crippen LogP contribution in [0, 0.1) is 5.41 Å². The molecular weight excluding hydrogens is 146 g/mol. The molecule has 0 radical (unpaired) electrons. The van der Waals surface area contributed by atoms with E-state index in [0.717, 1.165) is 0 Å². The van der Waals surface area contributed by atoms with Crippen molar-refractivity contribution in [2.75, 3.05) is 0 Å². The van der Waals surface area contributed by atoms with Gasteiger partial charge in [0, 0.05) is 11.9 Å². The van der Waals surface area contributed by atoms with Crippen molar-refractivity contribution in [3.05, 3.63) is 29.6 Å². The van der Waals surface area contributed by atoms with E-state index in [-0.39, 0.29) is 0 Å². The van der Waals surface area contributed by atoms with Crippen molar-refractivity contribution < 1.29 is 0 Å². The summed E-state index contributed by atoms with van der Waals surface area (Å²) in [4.78, 5) is 4.40. The highest BCUT2D eigenvalue weighted by Gasteiger charge is 2.31. The molecule has 1 heteroatoms. The van der Waals surface area contributed by atoms with Crippen molar-refractivity contribution in [3.8, 4) is 0 Å². The van der Waals surface area contributed by atoms with E-state index in [4.69, 9.17) is 0 Å². The second-order valence-corrected chi connectivity index (χ2v) is 4.13. The minimum absolute atomic E-state index is 0.483. The van der Waals surface area contributed by atoms with Crippen molar-refractivity contribution in [2.24, 2.45) is 5.41 Å². The van der Waals surface area contributed by atoms with E-state index in [9.17, 15) is 0 Å². The van der Waals surface area contributed by atoms with E-state index in [1.165, 1.54) is 30.5 Å². The second-order valence-electron chi connectivity index (χ2n) is 4.13. The minimum atomic E-state index is 0.483. The Bertz CT molecular complexity index is 266. The molecule has 0 spiro atoms. The standard InChI is InChI=1S/C11H15N/c1-3-11(2)7-9-5-4-6-12-10(9)8-11/h4-6H,3,7-8H2,1-2H3. The Kier molecular flexibility index (Phi) is 1.67. The maximum Gasteiger partial charge on any atom is 0.0441 e. The fourth-order valence-corrected chi connectivity index (χ4v) is 1.97. The van der Waals surface area contributed by atoms with E-state index < -0.39 is 0 Å². The molecule has 0 saturated carbocycles. The molecule has 0 bridgehead atoms. The number of fused-ring (bicyclic) bond motifs is 1. The second kappa shape index (κ2) is 2.58. The minimum Gasteiger partial charge on any atom is -0.261 e. The van der Waals surface area contributed by atoms with Crippen molar-refractivity contribution in [2.45, 2.75) is 33.1 Å². The molecule has 0 N–H and O–H groups in total. The number of hydrogen-bond acceptors (Lipinski definition) is 1. The van der Waals surface area contributed by atoms with Crippen LogP contribution in [0.1, 0.15) is 31.5 Å². The number of pyridine rings is 1. The lowest BCUT2D eigenvalue weighted by atomic mass is 9.85. The first-order valence-electron chi connectivity index (χ1n) is 4.66. The van der Waals surface area contributed by atoms with Gasteiger partial charge in [-0.25, -0.2) is 0 Å². The third-order valence-corrected chi connectivity index (χ3v) is 3.05. The Labute approximate surface area is 73.8 Å². The van der Waals surface area contributed by atoms with Crippen LogP contribution in [-0.2, 0) is 12.8 Å². The highest BCUT2D eigenvalue weighted by atomic mass is 14.7. The fourth-order valence-electron chi connectivity index (χ4n) is 1.97. The number of rotatable bonds is 1. The smallest absolute Gasteiger partial charge is 0.0441 e. The van der Waals surface area contributed by atoms with Gasteiger partial charge in [-0.1, -0.05) is 26.3 Å². The molecule has 1 heterocycles. The summed E-state index contributed by atoms with van der Waals surface area (Å²) in [5.74, 6) is 0. The third-order valence-electron chi connectivity index (χ3n) is 3.05. The molecule has 1 aliphatic carbocycles. The number of hydrogen-bond donors (Lipinski definition) is 0. The van der Waals surface area contributed by atoms with Gasteiger partial charge >= 0.3 is 0 Å². The molecule has 0 amide bonds. The normalized spacial score (nSPS) is 27.2. The number of nitrogens with zero attached hydrogens (tertiary/aromatic N) is 1. The summed E-state index contributed by atoms with van der Waals surface area (Å²) in [6.07, 6.45) is 5.54. The van der Waals surface area contributed by atoms with Gasteiger partial charge in [0.05, 0.1) is 0 Å². The van der Waals surface area contributed by atoms with Gasteiger partial charge < -0.3 is 0 Å². The van der Waals surface area contributed by atoms with Crippen LogP contribution in [0.3, 0.4) is 0 Å². The molecule has 2 rings (SSSR count). The van der Waals surface area contributed by atoms with Gasteiger partial charge in [0.1, 0.15) is 0 Å². The molecule has 1 aromatic heterocycles.